The number of hydrogen-bond donors (Lipinski definition) is 2. The molecule has 1 amide bonds. The standard InChI is InChI=1S/C14H17N3OS2/c1-19-9-5-4-8(7-9)17-13(18)12-11(15)10-3-2-6-16-14(10)20-12/h2-3,6,8-9H,4-5,7,15H2,1H3,(H,17,18). The number of anilines is 1. The van der Waals surface area contributed by atoms with Crippen LogP contribution < -0.4 is 11.1 Å². The molecule has 1 saturated carbocycles. The Morgan fingerprint density at radius 2 is 2.40 bits per heavy atom. The fraction of sp³-hybridized carbons (Fsp3) is 0.429. The van der Waals surface area contributed by atoms with Gasteiger partial charge in [-0.05, 0) is 37.7 Å². The maximum absolute atomic E-state index is 12.4. The lowest BCUT2D eigenvalue weighted by Gasteiger charge is -2.12. The maximum Gasteiger partial charge on any atom is 0.263 e. The average molecular weight is 307 g/mol. The lowest BCUT2D eigenvalue weighted by molar-refractivity contribution is 0.0943. The summed E-state index contributed by atoms with van der Waals surface area (Å²) in [5.74, 6) is -0.0581. The summed E-state index contributed by atoms with van der Waals surface area (Å²) < 4.78 is 0. The molecule has 2 heterocycles. The van der Waals surface area contributed by atoms with Gasteiger partial charge in [-0.2, -0.15) is 11.8 Å². The van der Waals surface area contributed by atoms with E-state index in [2.05, 4.69) is 16.6 Å². The Balaban J connectivity index is 1.77. The van der Waals surface area contributed by atoms with Crippen LogP contribution in [0.4, 0.5) is 5.69 Å². The van der Waals surface area contributed by atoms with Crippen LogP contribution in [0.3, 0.4) is 0 Å². The van der Waals surface area contributed by atoms with Crippen molar-refractivity contribution >= 4 is 44.9 Å². The number of rotatable bonds is 3. The molecule has 0 aromatic carbocycles. The summed E-state index contributed by atoms with van der Waals surface area (Å²) in [5, 5.41) is 4.65. The molecule has 4 nitrogen and oxygen atoms in total. The summed E-state index contributed by atoms with van der Waals surface area (Å²) in [5.41, 5.74) is 6.62. The van der Waals surface area contributed by atoms with Crippen LogP contribution in [0.1, 0.15) is 28.9 Å². The van der Waals surface area contributed by atoms with Gasteiger partial charge in [-0.15, -0.1) is 11.3 Å². The van der Waals surface area contributed by atoms with Crippen LogP contribution in [0.2, 0.25) is 0 Å². The molecular weight excluding hydrogens is 290 g/mol. The highest BCUT2D eigenvalue weighted by atomic mass is 32.2. The van der Waals surface area contributed by atoms with Crippen molar-refractivity contribution in [1.82, 2.24) is 10.3 Å². The van der Waals surface area contributed by atoms with E-state index in [0.717, 1.165) is 23.1 Å². The molecule has 2 aromatic heterocycles. The largest absolute Gasteiger partial charge is 0.397 e. The van der Waals surface area contributed by atoms with Crippen LogP contribution >= 0.6 is 23.1 Å². The number of nitrogens with one attached hydrogen (secondary N) is 1. The van der Waals surface area contributed by atoms with Gasteiger partial charge in [-0.3, -0.25) is 4.79 Å². The molecule has 0 bridgehead atoms. The van der Waals surface area contributed by atoms with Crippen LogP contribution in [-0.4, -0.2) is 28.4 Å². The number of fused-ring (bicyclic) bond motifs is 1. The molecule has 6 heteroatoms. The fourth-order valence-electron chi connectivity index (χ4n) is 2.66. The zero-order valence-electron chi connectivity index (χ0n) is 11.3. The van der Waals surface area contributed by atoms with Crippen LogP contribution in [0.15, 0.2) is 18.3 Å². The average Bonchev–Trinajstić information content (AvgIpc) is 3.04. The molecule has 2 atom stereocenters. The zero-order chi connectivity index (χ0) is 14.1. The molecule has 1 aliphatic carbocycles. The first-order valence-electron chi connectivity index (χ1n) is 6.65. The maximum atomic E-state index is 12.4. The molecular formula is C14H17N3OS2. The molecule has 1 aliphatic rings. The van der Waals surface area contributed by atoms with Crippen molar-refractivity contribution in [3.63, 3.8) is 0 Å². The summed E-state index contributed by atoms with van der Waals surface area (Å²) in [4.78, 5) is 18.0. The number of nitrogens with two attached hydrogens (primary N) is 1. The van der Waals surface area contributed by atoms with Gasteiger partial charge >= 0.3 is 0 Å². The predicted octanol–water partition coefficient (Wildman–Crippen LogP) is 2.89. The van der Waals surface area contributed by atoms with Crippen LogP contribution in [0.5, 0.6) is 0 Å². The Morgan fingerprint density at radius 1 is 1.55 bits per heavy atom. The lowest BCUT2D eigenvalue weighted by atomic mass is 10.2. The van der Waals surface area contributed by atoms with E-state index in [1.54, 1.807) is 6.20 Å². The normalized spacial score (nSPS) is 22.2. The summed E-state index contributed by atoms with van der Waals surface area (Å²) in [7, 11) is 0. The van der Waals surface area contributed by atoms with Crippen molar-refractivity contribution in [2.24, 2.45) is 0 Å². The number of nitrogen functional groups attached to an aromatic ring is 1. The minimum atomic E-state index is -0.0581. The minimum Gasteiger partial charge on any atom is -0.397 e. The molecule has 0 radical (unpaired) electrons. The van der Waals surface area contributed by atoms with Gasteiger partial charge in [0.1, 0.15) is 9.71 Å². The van der Waals surface area contributed by atoms with Crippen LogP contribution in [0, 0.1) is 0 Å². The van der Waals surface area contributed by atoms with Crippen LogP contribution in [0.25, 0.3) is 10.2 Å². The number of pyridine rings is 1. The third-order valence-corrected chi connectivity index (χ3v) is 5.99. The van der Waals surface area contributed by atoms with E-state index in [0.29, 0.717) is 15.8 Å². The minimum absolute atomic E-state index is 0.0581. The number of carbonyl (C=O) groups excluding carboxylic acids is 1. The fourth-order valence-corrected chi connectivity index (χ4v) is 4.42. The molecule has 3 rings (SSSR count). The number of carbonyl (C=O) groups is 1. The van der Waals surface area contributed by atoms with E-state index >= 15 is 0 Å². The van der Waals surface area contributed by atoms with E-state index in [9.17, 15) is 4.79 Å². The highest BCUT2D eigenvalue weighted by molar-refractivity contribution is 7.99. The Bertz CT molecular complexity index is 640. The number of nitrogens with zero attached hydrogens (tertiary/aromatic N) is 1. The SMILES string of the molecule is CSC1CCC(NC(=O)c2sc3ncccc3c2N)C1. The van der Waals surface area contributed by atoms with E-state index in [4.69, 9.17) is 5.73 Å². The summed E-state index contributed by atoms with van der Waals surface area (Å²) >= 11 is 3.25. The van der Waals surface area contributed by atoms with Gasteiger partial charge in [0.25, 0.3) is 5.91 Å². The summed E-state index contributed by atoms with van der Waals surface area (Å²) in [6.07, 6.45) is 7.14. The van der Waals surface area contributed by atoms with Gasteiger partial charge in [0, 0.05) is 22.9 Å². The van der Waals surface area contributed by atoms with Gasteiger partial charge in [-0.25, -0.2) is 4.98 Å². The number of thioether (sulfide) groups is 1. The quantitative estimate of drug-likeness (QED) is 0.915. The first-order chi connectivity index (χ1) is 9.69. The highest BCUT2D eigenvalue weighted by Crippen LogP contribution is 2.33. The number of amides is 1. The number of thiophene rings is 1. The van der Waals surface area contributed by atoms with E-state index in [1.165, 1.54) is 17.8 Å². The van der Waals surface area contributed by atoms with Crippen molar-refractivity contribution in [3.05, 3.63) is 23.2 Å². The van der Waals surface area contributed by atoms with Gasteiger partial charge in [0.15, 0.2) is 0 Å². The van der Waals surface area contributed by atoms with E-state index in [-0.39, 0.29) is 11.9 Å². The highest BCUT2D eigenvalue weighted by Gasteiger charge is 2.27. The zero-order valence-corrected chi connectivity index (χ0v) is 12.9. The topological polar surface area (TPSA) is 68.0 Å². The Labute approximate surface area is 126 Å². The molecule has 0 aliphatic heterocycles. The summed E-state index contributed by atoms with van der Waals surface area (Å²) in [6, 6.07) is 4.02. The first-order valence-corrected chi connectivity index (χ1v) is 8.76. The van der Waals surface area contributed by atoms with Crippen molar-refractivity contribution in [1.29, 1.82) is 0 Å². The van der Waals surface area contributed by atoms with Gasteiger partial charge in [-0.1, -0.05) is 0 Å². The van der Waals surface area contributed by atoms with Crippen molar-refractivity contribution in [3.8, 4) is 0 Å². The second-order valence-corrected chi connectivity index (χ2v) is 7.18. The third-order valence-electron chi connectivity index (χ3n) is 3.76. The monoisotopic (exact) mass is 307 g/mol. The van der Waals surface area contributed by atoms with Crippen molar-refractivity contribution in [2.45, 2.75) is 30.6 Å². The number of aromatic nitrogens is 1. The smallest absolute Gasteiger partial charge is 0.263 e. The Kier molecular flexibility index (Phi) is 3.85. The van der Waals surface area contributed by atoms with Crippen molar-refractivity contribution in [2.75, 3.05) is 12.0 Å². The molecule has 2 aromatic rings. The van der Waals surface area contributed by atoms with E-state index in [1.807, 2.05) is 23.9 Å². The third kappa shape index (κ3) is 2.50. The van der Waals surface area contributed by atoms with Gasteiger partial charge in [0.2, 0.25) is 0 Å². The lowest BCUT2D eigenvalue weighted by Crippen LogP contribution is -2.32. The number of hydrogen-bond acceptors (Lipinski definition) is 5. The molecule has 20 heavy (non-hydrogen) atoms. The molecule has 1 fully saturated rings. The Morgan fingerprint density at radius 3 is 3.10 bits per heavy atom. The van der Waals surface area contributed by atoms with E-state index < -0.39 is 0 Å². The molecule has 106 valence electrons. The summed E-state index contributed by atoms with van der Waals surface area (Å²) in [6.45, 7) is 0. The van der Waals surface area contributed by atoms with Crippen LogP contribution in [-0.2, 0) is 0 Å². The van der Waals surface area contributed by atoms with Gasteiger partial charge in [0.05, 0.1) is 5.69 Å². The van der Waals surface area contributed by atoms with Gasteiger partial charge < -0.3 is 11.1 Å². The van der Waals surface area contributed by atoms with Crippen molar-refractivity contribution < 1.29 is 4.79 Å². The second-order valence-electron chi connectivity index (χ2n) is 5.04. The molecule has 3 N–H and O–H groups in total. The molecule has 2 unspecified atom stereocenters. The second kappa shape index (κ2) is 5.61. The first kappa shape index (κ1) is 13.7. The molecule has 0 saturated heterocycles. The Hall–Kier alpha value is -1.27. The predicted molar refractivity (Wildman–Crippen MR) is 86.4 cm³/mol. The molecule has 0 spiro atoms.